The third-order valence-electron chi connectivity index (χ3n) is 3.97. The summed E-state index contributed by atoms with van der Waals surface area (Å²) in [7, 11) is 0. The van der Waals surface area contributed by atoms with E-state index >= 15 is 0 Å². The highest BCUT2D eigenvalue weighted by Crippen LogP contribution is 2.29. The number of rotatable bonds is 2. The van der Waals surface area contributed by atoms with Crippen LogP contribution in [0.25, 0.3) is 5.78 Å². The van der Waals surface area contributed by atoms with Crippen molar-refractivity contribution >= 4 is 33.2 Å². The van der Waals surface area contributed by atoms with E-state index < -0.39 is 0 Å². The Morgan fingerprint density at radius 1 is 1.09 bits per heavy atom. The van der Waals surface area contributed by atoms with Gasteiger partial charge in [-0.15, -0.1) is 5.10 Å². The van der Waals surface area contributed by atoms with Crippen molar-refractivity contribution in [3.63, 3.8) is 0 Å². The summed E-state index contributed by atoms with van der Waals surface area (Å²) in [6.07, 6.45) is 4.45. The van der Waals surface area contributed by atoms with Gasteiger partial charge in [0, 0.05) is 15.7 Å². The van der Waals surface area contributed by atoms with Crippen LogP contribution < -0.4 is 5.32 Å². The van der Waals surface area contributed by atoms with Gasteiger partial charge in [-0.2, -0.15) is 9.50 Å². The van der Waals surface area contributed by atoms with Crippen molar-refractivity contribution in [3.8, 4) is 0 Å². The van der Waals surface area contributed by atoms with Gasteiger partial charge in [0.25, 0.3) is 5.78 Å². The van der Waals surface area contributed by atoms with Gasteiger partial charge >= 0.3 is 0 Å². The average Bonchev–Trinajstić information content (AvgIpc) is 2.89. The van der Waals surface area contributed by atoms with Crippen molar-refractivity contribution in [2.24, 2.45) is 0 Å². The molecule has 1 N–H and O–H groups in total. The van der Waals surface area contributed by atoms with E-state index in [1.165, 1.54) is 18.4 Å². The molecule has 1 aliphatic carbocycles. The number of benzene rings is 1. The number of aromatic nitrogens is 4. The molecule has 0 saturated carbocycles. The fourth-order valence-electron chi connectivity index (χ4n) is 2.94. The normalized spacial score (nSPS) is 14.1. The lowest BCUT2D eigenvalue weighted by molar-refractivity contribution is 0.662. The Balaban J connectivity index is 1.88. The molecule has 0 atom stereocenters. The second-order valence-corrected chi connectivity index (χ2v) is 6.51. The van der Waals surface area contributed by atoms with E-state index in [-0.39, 0.29) is 0 Å². The van der Waals surface area contributed by atoms with Gasteiger partial charge in [-0.25, -0.2) is 4.98 Å². The van der Waals surface area contributed by atoms with Gasteiger partial charge in [-0.3, -0.25) is 0 Å². The van der Waals surface area contributed by atoms with E-state index in [1.54, 1.807) is 0 Å². The quantitative estimate of drug-likeness (QED) is 0.757. The van der Waals surface area contributed by atoms with E-state index in [2.05, 4.69) is 43.5 Å². The fourth-order valence-corrected chi connectivity index (χ4v) is 3.21. The highest BCUT2D eigenvalue weighted by molar-refractivity contribution is 9.10. The molecule has 0 spiro atoms. The van der Waals surface area contributed by atoms with Crippen molar-refractivity contribution in [1.82, 2.24) is 19.6 Å². The first kappa shape index (κ1) is 13.7. The lowest BCUT2D eigenvalue weighted by Gasteiger charge is -2.20. The average molecular weight is 358 g/mol. The topological polar surface area (TPSA) is 55.1 Å². The van der Waals surface area contributed by atoms with E-state index in [0.29, 0.717) is 5.78 Å². The molecule has 3 aromatic rings. The Morgan fingerprint density at radius 2 is 1.86 bits per heavy atom. The summed E-state index contributed by atoms with van der Waals surface area (Å²) in [6.45, 7) is 1.90. The maximum absolute atomic E-state index is 4.69. The van der Waals surface area contributed by atoms with Gasteiger partial charge in [0.15, 0.2) is 0 Å². The molecular weight excluding hydrogens is 342 g/mol. The second kappa shape index (κ2) is 5.35. The molecule has 5 nitrogen and oxygen atoms in total. The molecule has 0 fully saturated rings. The van der Waals surface area contributed by atoms with Crippen molar-refractivity contribution in [1.29, 1.82) is 0 Å². The van der Waals surface area contributed by atoms with Gasteiger partial charge in [0.05, 0.1) is 5.69 Å². The molecule has 0 saturated heterocycles. The van der Waals surface area contributed by atoms with Crippen LogP contribution in [0, 0.1) is 6.92 Å². The molecule has 6 heteroatoms. The first-order valence-corrected chi connectivity index (χ1v) is 8.28. The lowest BCUT2D eigenvalue weighted by Crippen LogP contribution is -2.13. The molecule has 0 bridgehead atoms. The number of halogens is 1. The number of hydrogen-bond acceptors (Lipinski definition) is 4. The van der Waals surface area contributed by atoms with Crippen LogP contribution in [0.15, 0.2) is 28.7 Å². The highest BCUT2D eigenvalue weighted by Gasteiger charge is 2.20. The van der Waals surface area contributed by atoms with E-state index in [4.69, 9.17) is 4.98 Å². The number of nitrogens with one attached hydrogen (secondary N) is 1. The molecule has 112 valence electrons. The summed E-state index contributed by atoms with van der Waals surface area (Å²) in [5.41, 5.74) is 3.47. The van der Waals surface area contributed by atoms with Gasteiger partial charge in [0.2, 0.25) is 0 Å². The molecular formula is C16H16BrN5. The zero-order valence-electron chi connectivity index (χ0n) is 12.3. The van der Waals surface area contributed by atoms with Crippen LogP contribution in [-0.4, -0.2) is 19.6 Å². The largest absolute Gasteiger partial charge is 0.340 e. The smallest absolute Gasteiger partial charge is 0.254 e. The minimum Gasteiger partial charge on any atom is -0.340 e. The van der Waals surface area contributed by atoms with Crippen LogP contribution in [0.1, 0.15) is 29.9 Å². The van der Waals surface area contributed by atoms with E-state index in [9.17, 15) is 0 Å². The highest BCUT2D eigenvalue weighted by atomic mass is 79.9. The standard InChI is InChI=1S/C16H16BrN5/c1-10-18-16-20-14-5-3-2-4-13(14)15(22(16)21-10)19-12-8-6-11(17)7-9-12/h6-9,19H,2-5H2,1H3. The number of nitrogens with zero attached hydrogens (tertiary/aromatic N) is 4. The molecule has 2 heterocycles. The summed E-state index contributed by atoms with van der Waals surface area (Å²) in [6, 6.07) is 8.16. The van der Waals surface area contributed by atoms with Gasteiger partial charge in [0.1, 0.15) is 11.6 Å². The zero-order valence-corrected chi connectivity index (χ0v) is 13.9. The minimum atomic E-state index is 0.678. The molecule has 2 aromatic heterocycles. The van der Waals surface area contributed by atoms with Crippen LogP contribution in [0.3, 0.4) is 0 Å². The Morgan fingerprint density at radius 3 is 2.68 bits per heavy atom. The second-order valence-electron chi connectivity index (χ2n) is 5.60. The molecule has 0 unspecified atom stereocenters. The molecule has 0 aliphatic heterocycles. The maximum Gasteiger partial charge on any atom is 0.254 e. The number of fused-ring (bicyclic) bond motifs is 2. The number of anilines is 2. The number of aryl methyl sites for hydroxylation is 2. The Labute approximate surface area is 136 Å². The lowest BCUT2D eigenvalue weighted by atomic mass is 9.96. The molecule has 1 aromatic carbocycles. The van der Waals surface area contributed by atoms with Gasteiger partial charge in [-0.1, -0.05) is 15.9 Å². The van der Waals surface area contributed by atoms with Crippen LogP contribution in [0.4, 0.5) is 11.5 Å². The maximum atomic E-state index is 4.69. The SMILES string of the molecule is Cc1nc2nc3c(c(Nc4ccc(Br)cc4)n2n1)CCCC3. The predicted octanol–water partition coefficient (Wildman–Crippen LogP) is 3.82. The summed E-state index contributed by atoms with van der Waals surface area (Å²) in [4.78, 5) is 9.13. The Hall–Kier alpha value is -1.95. The van der Waals surface area contributed by atoms with E-state index in [1.807, 2.05) is 23.6 Å². The molecule has 1 aliphatic rings. The van der Waals surface area contributed by atoms with Gasteiger partial charge < -0.3 is 5.32 Å². The number of hydrogen-bond donors (Lipinski definition) is 1. The van der Waals surface area contributed by atoms with Crippen molar-refractivity contribution in [3.05, 3.63) is 45.8 Å². The molecule has 22 heavy (non-hydrogen) atoms. The summed E-state index contributed by atoms with van der Waals surface area (Å²) in [5, 5.41) is 8.02. The molecule has 4 rings (SSSR count). The summed E-state index contributed by atoms with van der Waals surface area (Å²) < 4.78 is 2.90. The van der Waals surface area contributed by atoms with Crippen LogP contribution >= 0.6 is 15.9 Å². The van der Waals surface area contributed by atoms with Crippen LogP contribution in [0.2, 0.25) is 0 Å². The Kier molecular flexibility index (Phi) is 3.33. The first-order chi connectivity index (χ1) is 10.7. The summed E-state index contributed by atoms with van der Waals surface area (Å²) in [5.74, 6) is 2.43. The Bertz CT molecular complexity index is 838. The third kappa shape index (κ3) is 2.37. The van der Waals surface area contributed by atoms with Crippen molar-refractivity contribution in [2.75, 3.05) is 5.32 Å². The van der Waals surface area contributed by atoms with Gasteiger partial charge in [-0.05, 0) is 56.9 Å². The predicted molar refractivity (Wildman–Crippen MR) is 89.6 cm³/mol. The van der Waals surface area contributed by atoms with Crippen LogP contribution in [-0.2, 0) is 12.8 Å². The first-order valence-electron chi connectivity index (χ1n) is 7.48. The van der Waals surface area contributed by atoms with Crippen molar-refractivity contribution < 1.29 is 0 Å². The molecule has 0 radical (unpaired) electrons. The zero-order chi connectivity index (χ0) is 15.1. The minimum absolute atomic E-state index is 0.678. The molecule has 0 amide bonds. The van der Waals surface area contributed by atoms with Crippen LogP contribution in [0.5, 0.6) is 0 Å². The third-order valence-corrected chi connectivity index (χ3v) is 4.50. The fraction of sp³-hybridized carbons (Fsp3) is 0.312. The van der Waals surface area contributed by atoms with E-state index in [0.717, 1.165) is 40.3 Å². The summed E-state index contributed by atoms with van der Waals surface area (Å²) >= 11 is 3.47. The monoisotopic (exact) mass is 357 g/mol. The van der Waals surface area contributed by atoms with Crippen molar-refractivity contribution in [2.45, 2.75) is 32.6 Å².